The first-order valence-corrected chi connectivity index (χ1v) is 10.4. The van der Waals surface area contributed by atoms with Crippen LogP contribution in [0.25, 0.3) is 0 Å². The van der Waals surface area contributed by atoms with Gasteiger partial charge in [-0.25, -0.2) is 0 Å². The van der Waals surface area contributed by atoms with Gasteiger partial charge < -0.3 is 15.3 Å². The lowest BCUT2D eigenvalue weighted by Gasteiger charge is -2.59. The molecular formula is C20H33N3O3. The molecule has 1 unspecified atom stereocenters. The number of hydrogen-bond donors (Lipinski definition) is 2. The Morgan fingerprint density at radius 1 is 1.04 bits per heavy atom. The standard InChI is InChI=1S/C20H33N3O3/c1-14(20-11-15-8-16(12-20)10-17(9-15)13-20)21-18(25)19(26)23-4-2-22(3-5-23)6-7-24/h14-17,24H,2-13H2,1H3,(H,21,25). The fraction of sp³-hybridized carbons (Fsp3) is 0.900. The second kappa shape index (κ2) is 7.12. The van der Waals surface area contributed by atoms with Gasteiger partial charge in [0.15, 0.2) is 0 Å². The third kappa shape index (κ3) is 3.38. The molecule has 0 aromatic rings. The van der Waals surface area contributed by atoms with Crippen molar-refractivity contribution in [1.29, 1.82) is 0 Å². The number of aliphatic hydroxyl groups is 1. The minimum atomic E-state index is -0.427. The van der Waals surface area contributed by atoms with Crippen LogP contribution in [-0.4, -0.2) is 72.1 Å². The molecule has 4 bridgehead atoms. The van der Waals surface area contributed by atoms with Crippen LogP contribution in [-0.2, 0) is 9.59 Å². The van der Waals surface area contributed by atoms with Crippen LogP contribution >= 0.6 is 0 Å². The van der Waals surface area contributed by atoms with Gasteiger partial charge in [0.1, 0.15) is 0 Å². The van der Waals surface area contributed by atoms with E-state index < -0.39 is 5.91 Å². The summed E-state index contributed by atoms with van der Waals surface area (Å²) >= 11 is 0. The Labute approximate surface area is 156 Å². The van der Waals surface area contributed by atoms with Gasteiger partial charge in [-0.15, -0.1) is 0 Å². The van der Waals surface area contributed by atoms with E-state index in [0.29, 0.717) is 19.6 Å². The number of carbonyl (C=O) groups is 2. The SMILES string of the molecule is CC(NC(=O)C(=O)N1CCN(CCO)CC1)C12CC3CC(CC(C3)C1)C2. The fourth-order valence-electron chi connectivity index (χ4n) is 6.58. The van der Waals surface area contributed by atoms with Crippen molar-refractivity contribution in [1.82, 2.24) is 15.1 Å². The summed E-state index contributed by atoms with van der Waals surface area (Å²) in [5.74, 6) is 1.72. The van der Waals surface area contributed by atoms with Crippen molar-refractivity contribution < 1.29 is 14.7 Å². The molecule has 0 spiro atoms. The largest absolute Gasteiger partial charge is 0.395 e. The summed E-state index contributed by atoms with van der Waals surface area (Å²) in [6.45, 7) is 5.48. The molecule has 146 valence electrons. The van der Waals surface area contributed by atoms with Crippen LogP contribution in [0.1, 0.15) is 45.4 Å². The van der Waals surface area contributed by atoms with Crippen molar-refractivity contribution in [3.05, 3.63) is 0 Å². The summed E-state index contributed by atoms with van der Waals surface area (Å²) < 4.78 is 0. The number of amides is 2. The van der Waals surface area contributed by atoms with Gasteiger partial charge >= 0.3 is 11.8 Å². The maximum Gasteiger partial charge on any atom is 0.311 e. The van der Waals surface area contributed by atoms with E-state index in [-0.39, 0.29) is 24.0 Å². The molecule has 0 aromatic heterocycles. The van der Waals surface area contributed by atoms with Crippen molar-refractivity contribution in [3.63, 3.8) is 0 Å². The Hall–Kier alpha value is -1.14. The van der Waals surface area contributed by atoms with Crippen LogP contribution < -0.4 is 5.32 Å². The number of piperazine rings is 1. The van der Waals surface area contributed by atoms with Crippen molar-refractivity contribution in [2.75, 3.05) is 39.3 Å². The smallest absolute Gasteiger partial charge is 0.311 e. The number of nitrogens with one attached hydrogen (secondary N) is 1. The van der Waals surface area contributed by atoms with Gasteiger partial charge in [0.2, 0.25) is 0 Å². The summed E-state index contributed by atoms with van der Waals surface area (Å²) in [6, 6.07) is 0.0861. The first-order chi connectivity index (χ1) is 12.5. The van der Waals surface area contributed by atoms with E-state index in [1.807, 2.05) is 0 Å². The fourth-order valence-corrected chi connectivity index (χ4v) is 6.58. The van der Waals surface area contributed by atoms with Gasteiger partial charge in [-0.1, -0.05) is 0 Å². The van der Waals surface area contributed by atoms with Crippen molar-refractivity contribution >= 4 is 11.8 Å². The predicted octanol–water partition coefficient (Wildman–Crippen LogP) is 0.844. The second-order valence-electron chi connectivity index (χ2n) is 9.33. The van der Waals surface area contributed by atoms with E-state index in [9.17, 15) is 9.59 Å². The lowest BCUT2D eigenvalue weighted by atomic mass is 9.48. The topological polar surface area (TPSA) is 72.9 Å². The maximum atomic E-state index is 12.6. The molecule has 5 rings (SSSR count). The zero-order valence-electron chi connectivity index (χ0n) is 16.0. The van der Waals surface area contributed by atoms with Crippen LogP contribution in [0, 0.1) is 23.2 Å². The summed E-state index contributed by atoms with van der Waals surface area (Å²) in [7, 11) is 0. The predicted molar refractivity (Wildman–Crippen MR) is 98.3 cm³/mol. The van der Waals surface area contributed by atoms with Crippen LogP contribution in [0.15, 0.2) is 0 Å². The lowest BCUT2D eigenvalue weighted by molar-refractivity contribution is -0.149. The van der Waals surface area contributed by atoms with E-state index in [1.165, 1.54) is 38.5 Å². The van der Waals surface area contributed by atoms with E-state index in [2.05, 4.69) is 17.1 Å². The number of rotatable bonds is 4. The monoisotopic (exact) mass is 363 g/mol. The van der Waals surface area contributed by atoms with Gasteiger partial charge in [-0.2, -0.15) is 0 Å². The van der Waals surface area contributed by atoms with Crippen LogP contribution in [0.3, 0.4) is 0 Å². The van der Waals surface area contributed by atoms with Gasteiger partial charge in [-0.3, -0.25) is 14.5 Å². The molecule has 1 heterocycles. The van der Waals surface area contributed by atoms with Gasteiger partial charge in [0, 0.05) is 38.8 Å². The van der Waals surface area contributed by atoms with E-state index >= 15 is 0 Å². The quantitative estimate of drug-likeness (QED) is 0.726. The molecule has 26 heavy (non-hydrogen) atoms. The minimum absolute atomic E-state index is 0.0861. The number of nitrogens with zero attached hydrogens (tertiary/aromatic N) is 2. The molecule has 0 aromatic carbocycles. The van der Waals surface area contributed by atoms with E-state index in [1.54, 1.807) is 4.90 Å². The van der Waals surface area contributed by atoms with E-state index in [0.717, 1.165) is 30.8 Å². The molecule has 1 saturated heterocycles. The summed E-state index contributed by atoms with van der Waals surface area (Å²) in [6.07, 6.45) is 7.85. The van der Waals surface area contributed by atoms with Crippen LogP contribution in [0.5, 0.6) is 0 Å². The summed E-state index contributed by atoms with van der Waals surface area (Å²) in [4.78, 5) is 29.0. The average molecular weight is 364 g/mol. The molecule has 5 aliphatic rings. The zero-order valence-corrected chi connectivity index (χ0v) is 16.0. The molecule has 4 aliphatic carbocycles. The highest BCUT2D eigenvalue weighted by atomic mass is 16.3. The summed E-state index contributed by atoms with van der Waals surface area (Å²) in [5, 5.41) is 12.1. The van der Waals surface area contributed by atoms with Crippen molar-refractivity contribution in [2.24, 2.45) is 23.2 Å². The molecule has 1 aliphatic heterocycles. The van der Waals surface area contributed by atoms with Crippen molar-refractivity contribution in [2.45, 2.75) is 51.5 Å². The lowest BCUT2D eigenvalue weighted by Crippen LogP contribution is -2.58. The highest BCUT2D eigenvalue weighted by Crippen LogP contribution is 2.61. The maximum absolute atomic E-state index is 12.6. The number of β-amino-alcohol motifs (C(OH)–C–C–N with tert-alkyl or cyclic N) is 1. The van der Waals surface area contributed by atoms with Crippen molar-refractivity contribution in [3.8, 4) is 0 Å². The Bertz CT molecular complexity index is 521. The highest BCUT2D eigenvalue weighted by Gasteiger charge is 2.53. The molecule has 0 radical (unpaired) electrons. The molecule has 4 saturated carbocycles. The number of carbonyl (C=O) groups excluding carboxylic acids is 2. The molecule has 2 amide bonds. The van der Waals surface area contributed by atoms with Gasteiger partial charge in [0.25, 0.3) is 0 Å². The Morgan fingerprint density at radius 2 is 1.58 bits per heavy atom. The number of hydrogen-bond acceptors (Lipinski definition) is 4. The second-order valence-corrected chi connectivity index (χ2v) is 9.33. The number of aliphatic hydroxyl groups excluding tert-OH is 1. The Morgan fingerprint density at radius 3 is 2.08 bits per heavy atom. The minimum Gasteiger partial charge on any atom is -0.395 e. The molecule has 5 fully saturated rings. The van der Waals surface area contributed by atoms with Crippen LogP contribution in [0.4, 0.5) is 0 Å². The highest BCUT2D eigenvalue weighted by molar-refractivity contribution is 6.35. The molecule has 6 nitrogen and oxygen atoms in total. The third-order valence-electron chi connectivity index (χ3n) is 7.62. The molecule has 1 atom stereocenters. The average Bonchev–Trinajstić information content (AvgIpc) is 2.61. The van der Waals surface area contributed by atoms with E-state index in [4.69, 9.17) is 5.11 Å². The zero-order chi connectivity index (χ0) is 18.3. The Kier molecular flexibility index (Phi) is 4.99. The Balaban J connectivity index is 1.32. The molecule has 6 heteroatoms. The summed E-state index contributed by atoms with van der Waals surface area (Å²) in [5.41, 5.74) is 0.227. The first-order valence-electron chi connectivity index (χ1n) is 10.4. The molecule has 2 N–H and O–H groups in total. The van der Waals surface area contributed by atoms with Gasteiger partial charge in [0.05, 0.1) is 6.61 Å². The first kappa shape index (κ1) is 18.2. The van der Waals surface area contributed by atoms with Crippen LogP contribution in [0.2, 0.25) is 0 Å². The normalized spacial score (nSPS) is 37.6. The molecular weight excluding hydrogens is 330 g/mol. The third-order valence-corrected chi connectivity index (χ3v) is 7.62. The van der Waals surface area contributed by atoms with Gasteiger partial charge in [-0.05, 0) is 68.6 Å².